The molecule has 0 amide bonds. The van der Waals surface area contributed by atoms with E-state index in [0.29, 0.717) is 5.25 Å². The molecule has 2 heterocycles. The molecule has 276 valence electrons. The number of hydrogen-bond donors (Lipinski definition) is 0. The molecule has 9 rings (SSSR count). The average Bonchev–Trinajstić information content (AvgIpc) is 3.92. The lowest BCUT2D eigenvalue weighted by molar-refractivity contribution is 0.862. The summed E-state index contributed by atoms with van der Waals surface area (Å²) >= 11 is 3.56. The number of rotatable bonds is 11. The maximum Gasteiger partial charge on any atom is 0.124 e. The molecule has 0 fully saturated rings. The predicted molar refractivity (Wildman–Crippen MR) is 247 cm³/mol. The van der Waals surface area contributed by atoms with Gasteiger partial charge >= 0.3 is 0 Å². The van der Waals surface area contributed by atoms with Crippen LogP contribution in [0, 0.1) is 0 Å². The molecule has 4 nitrogen and oxygen atoms in total. The molecule has 2 atom stereocenters. The Bertz CT molecular complexity index is 2640. The first-order valence-electron chi connectivity index (χ1n) is 19.1. The quantitative estimate of drug-likeness (QED) is 0.123. The largest absolute Gasteiger partial charge is 0.311 e. The number of benzene rings is 6. The molecule has 0 saturated heterocycles. The molecule has 0 radical (unpaired) electrons. The van der Waals surface area contributed by atoms with E-state index in [9.17, 15) is 0 Å². The molecular formula is C51H40N4S2. The Hall–Kier alpha value is -6.47. The van der Waals surface area contributed by atoms with Crippen LogP contribution in [0.2, 0.25) is 0 Å². The second-order valence-electron chi connectivity index (χ2n) is 13.8. The summed E-state index contributed by atoms with van der Waals surface area (Å²) in [6.07, 6.45) is 15.0. The van der Waals surface area contributed by atoms with Crippen LogP contribution in [-0.4, -0.2) is 21.3 Å². The first kappa shape index (κ1) is 36.2. The fraction of sp³-hybridized carbons (Fsp3) is 0.0588. The van der Waals surface area contributed by atoms with E-state index in [1.54, 1.807) is 11.3 Å². The van der Waals surface area contributed by atoms with Gasteiger partial charge in [-0.3, -0.25) is 4.99 Å². The summed E-state index contributed by atoms with van der Waals surface area (Å²) in [7, 11) is 0. The SMILES string of the molecule is C=C(/C=C\C(=C/C)N(c1ccccc1)c1ccc(-c2nc3ccccc3s2)cc1)c1ccc(N(c2ccccc2)c2ccc(C3=NC4C=CC=CC4S3)cc2)cc1. The third-order valence-electron chi connectivity index (χ3n) is 10.1. The Morgan fingerprint density at radius 1 is 0.614 bits per heavy atom. The number of fused-ring (bicyclic) bond motifs is 2. The summed E-state index contributed by atoms with van der Waals surface area (Å²) in [6.45, 7) is 6.57. The highest BCUT2D eigenvalue weighted by Crippen LogP contribution is 2.39. The zero-order chi connectivity index (χ0) is 38.6. The second-order valence-corrected chi connectivity index (χ2v) is 16.0. The lowest BCUT2D eigenvalue weighted by Crippen LogP contribution is -2.15. The van der Waals surface area contributed by atoms with Crippen molar-refractivity contribution in [2.75, 3.05) is 9.80 Å². The van der Waals surface area contributed by atoms with Gasteiger partial charge in [0.15, 0.2) is 0 Å². The third-order valence-corrected chi connectivity index (χ3v) is 12.5. The monoisotopic (exact) mass is 772 g/mol. The van der Waals surface area contributed by atoms with Crippen molar-refractivity contribution >= 4 is 72.4 Å². The van der Waals surface area contributed by atoms with E-state index < -0.39 is 0 Å². The van der Waals surface area contributed by atoms with Gasteiger partial charge in [0.2, 0.25) is 0 Å². The topological polar surface area (TPSA) is 31.7 Å². The zero-order valence-corrected chi connectivity index (χ0v) is 33.2. The van der Waals surface area contributed by atoms with Gasteiger partial charge in [0.05, 0.1) is 26.6 Å². The number of nitrogens with zero attached hydrogens (tertiary/aromatic N) is 4. The molecule has 6 aromatic carbocycles. The minimum absolute atomic E-state index is 0.222. The summed E-state index contributed by atoms with van der Waals surface area (Å²) < 4.78 is 1.19. The van der Waals surface area contributed by atoms with Gasteiger partial charge in [-0.25, -0.2) is 4.98 Å². The lowest BCUT2D eigenvalue weighted by Gasteiger charge is -2.26. The van der Waals surface area contributed by atoms with Gasteiger partial charge in [0.1, 0.15) is 5.01 Å². The van der Waals surface area contributed by atoms with Crippen LogP contribution >= 0.6 is 23.1 Å². The van der Waals surface area contributed by atoms with Gasteiger partial charge < -0.3 is 9.80 Å². The van der Waals surface area contributed by atoms with Crippen molar-refractivity contribution in [1.29, 1.82) is 0 Å². The fourth-order valence-electron chi connectivity index (χ4n) is 7.19. The molecule has 0 N–H and O–H groups in total. The summed E-state index contributed by atoms with van der Waals surface area (Å²) in [5, 5.41) is 2.51. The average molecular weight is 773 g/mol. The number of aromatic nitrogens is 1. The number of anilines is 5. The minimum atomic E-state index is 0.222. The fourth-order valence-corrected chi connectivity index (χ4v) is 9.34. The number of thioether (sulfide) groups is 1. The van der Waals surface area contributed by atoms with Crippen LogP contribution in [0.3, 0.4) is 0 Å². The number of hydrogen-bond acceptors (Lipinski definition) is 6. The minimum Gasteiger partial charge on any atom is -0.311 e. The van der Waals surface area contributed by atoms with Crippen molar-refractivity contribution in [3.8, 4) is 10.6 Å². The summed E-state index contributed by atoms with van der Waals surface area (Å²) in [5.74, 6) is 0. The Kier molecular flexibility index (Phi) is 10.4. The molecule has 0 bridgehead atoms. The molecule has 0 spiro atoms. The highest BCUT2D eigenvalue weighted by molar-refractivity contribution is 8.15. The zero-order valence-electron chi connectivity index (χ0n) is 31.5. The van der Waals surface area contributed by atoms with Crippen molar-refractivity contribution in [3.05, 3.63) is 224 Å². The van der Waals surface area contributed by atoms with E-state index >= 15 is 0 Å². The maximum atomic E-state index is 4.99. The van der Waals surface area contributed by atoms with Crippen molar-refractivity contribution in [1.82, 2.24) is 4.98 Å². The Balaban J connectivity index is 0.950. The predicted octanol–water partition coefficient (Wildman–Crippen LogP) is 14.1. The van der Waals surface area contributed by atoms with Crippen LogP contribution in [0.15, 0.2) is 218 Å². The molecule has 2 unspecified atom stereocenters. The number of aliphatic imine (C=N–C) groups is 1. The molecule has 1 aromatic heterocycles. The van der Waals surface area contributed by atoms with E-state index in [2.05, 4.69) is 211 Å². The summed E-state index contributed by atoms with van der Waals surface area (Å²) in [5.41, 5.74) is 11.7. The van der Waals surface area contributed by atoms with Crippen molar-refractivity contribution < 1.29 is 0 Å². The van der Waals surface area contributed by atoms with Crippen molar-refractivity contribution in [2.45, 2.75) is 18.2 Å². The summed E-state index contributed by atoms with van der Waals surface area (Å²) in [4.78, 5) is 14.4. The van der Waals surface area contributed by atoms with Crippen LogP contribution in [0.5, 0.6) is 0 Å². The van der Waals surface area contributed by atoms with E-state index in [1.807, 2.05) is 23.9 Å². The van der Waals surface area contributed by atoms with Crippen LogP contribution in [0.4, 0.5) is 28.4 Å². The van der Waals surface area contributed by atoms with Gasteiger partial charge in [0, 0.05) is 45.3 Å². The Labute approximate surface area is 342 Å². The van der Waals surface area contributed by atoms with Crippen LogP contribution < -0.4 is 9.80 Å². The lowest BCUT2D eigenvalue weighted by atomic mass is 10.0. The highest BCUT2D eigenvalue weighted by atomic mass is 32.2. The van der Waals surface area contributed by atoms with Gasteiger partial charge in [-0.15, -0.1) is 11.3 Å². The van der Waals surface area contributed by atoms with Crippen molar-refractivity contribution in [3.63, 3.8) is 0 Å². The molecule has 7 aromatic rings. The molecule has 1 aliphatic carbocycles. The molecule has 0 saturated carbocycles. The van der Waals surface area contributed by atoms with Crippen LogP contribution in [0.1, 0.15) is 18.1 Å². The van der Waals surface area contributed by atoms with Gasteiger partial charge in [-0.1, -0.05) is 128 Å². The van der Waals surface area contributed by atoms with Crippen LogP contribution in [-0.2, 0) is 0 Å². The highest BCUT2D eigenvalue weighted by Gasteiger charge is 2.28. The van der Waals surface area contributed by atoms with Crippen molar-refractivity contribution in [2.24, 2.45) is 4.99 Å². The molecule has 1 aliphatic heterocycles. The normalized spacial score (nSPS) is 16.2. The number of allylic oxidation sites excluding steroid dienone is 6. The van der Waals surface area contributed by atoms with Gasteiger partial charge in [-0.2, -0.15) is 0 Å². The van der Waals surface area contributed by atoms with E-state index in [-0.39, 0.29) is 6.04 Å². The Morgan fingerprint density at radius 2 is 1.19 bits per heavy atom. The first-order chi connectivity index (χ1) is 28.1. The molecule has 6 heteroatoms. The van der Waals surface area contributed by atoms with E-state index in [0.717, 1.165) is 72.0 Å². The number of para-hydroxylation sites is 3. The van der Waals surface area contributed by atoms with E-state index in [1.165, 1.54) is 4.70 Å². The first-order valence-corrected chi connectivity index (χ1v) is 20.8. The number of thiazole rings is 1. The molecule has 57 heavy (non-hydrogen) atoms. The maximum absolute atomic E-state index is 4.99. The molecular weight excluding hydrogens is 733 g/mol. The van der Waals surface area contributed by atoms with E-state index in [4.69, 9.17) is 9.98 Å². The van der Waals surface area contributed by atoms with Gasteiger partial charge in [0.25, 0.3) is 0 Å². The second kappa shape index (κ2) is 16.3. The van der Waals surface area contributed by atoms with Crippen LogP contribution in [0.25, 0.3) is 26.4 Å². The third kappa shape index (κ3) is 7.70. The standard InChI is InChI=1S/C51H40N4S2/c1-3-40(54(41-14-6-4-7-15-41)43-32-25-38(26-33-43)50-52-46-18-10-12-20-48(46)56-50)29-22-36(2)37-23-30-44(31-24-37)55(42-16-8-5-9-17-42)45-34-27-39(28-35-45)51-53-47-19-11-13-21-49(47)57-51/h3-35,47,49H,2H2,1H3/b29-22-,40-3+. The summed E-state index contributed by atoms with van der Waals surface area (Å²) in [6, 6.07) is 55.6. The smallest absolute Gasteiger partial charge is 0.124 e. The Morgan fingerprint density at radius 3 is 1.88 bits per heavy atom. The van der Waals surface area contributed by atoms with Gasteiger partial charge in [-0.05, 0) is 109 Å². The molecule has 2 aliphatic rings.